The summed E-state index contributed by atoms with van der Waals surface area (Å²) in [5, 5.41) is 1.68. The maximum Gasteiger partial charge on any atom is 0.0477 e. The fourth-order valence-electron chi connectivity index (χ4n) is 1.77. The van der Waals surface area contributed by atoms with E-state index >= 15 is 0 Å². The summed E-state index contributed by atoms with van der Waals surface area (Å²) < 4.78 is 0. The van der Waals surface area contributed by atoms with Gasteiger partial charge >= 0.3 is 0 Å². The number of hydrogen-bond acceptors (Lipinski definition) is 0. The van der Waals surface area contributed by atoms with Crippen molar-refractivity contribution in [2.45, 2.75) is 20.3 Å². The molecule has 0 radical (unpaired) electrons. The Morgan fingerprint density at radius 3 is 2.54 bits per heavy atom. The predicted octanol–water partition coefficient (Wildman–Crippen LogP) is 4.17. The topological polar surface area (TPSA) is 0 Å². The number of allylic oxidation sites excluding steroid dienone is 1. The maximum absolute atomic E-state index is 6.19. The summed E-state index contributed by atoms with van der Waals surface area (Å²) in [6.45, 7) is 4.08. The van der Waals surface area contributed by atoms with Crippen LogP contribution in [-0.4, -0.2) is 0 Å². The second kappa shape index (κ2) is 3.04. The van der Waals surface area contributed by atoms with Crippen LogP contribution < -0.4 is 0 Å². The van der Waals surface area contributed by atoms with Crippen LogP contribution in [0.5, 0.6) is 0 Å². The predicted molar refractivity (Wildman–Crippen MR) is 58.3 cm³/mol. The Bertz CT molecular complexity index is 403. The molecule has 0 aromatic heterocycles. The minimum atomic E-state index is 0.798. The molecule has 2 rings (SSSR count). The molecule has 0 spiro atoms. The highest BCUT2D eigenvalue weighted by atomic mass is 35.5. The molecule has 0 N–H and O–H groups in total. The van der Waals surface area contributed by atoms with E-state index in [9.17, 15) is 0 Å². The monoisotopic (exact) mass is 212 g/mol. The molecule has 0 atom stereocenters. The lowest BCUT2D eigenvalue weighted by Crippen LogP contribution is -1.87. The summed E-state index contributed by atoms with van der Waals surface area (Å²) >= 11 is 12.2. The van der Waals surface area contributed by atoms with E-state index in [0.29, 0.717) is 0 Å². The van der Waals surface area contributed by atoms with Crippen LogP contribution >= 0.6 is 23.2 Å². The molecular formula is C11H10Cl2. The molecule has 0 saturated heterocycles. The van der Waals surface area contributed by atoms with Gasteiger partial charge in [0.25, 0.3) is 0 Å². The Kier molecular flexibility index (Phi) is 2.13. The summed E-state index contributed by atoms with van der Waals surface area (Å²) in [5.74, 6) is 0. The van der Waals surface area contributed by atoms with Crippen molar-refractivity contribution in [1.82, 2.24) is 0 Å². The summed E-state index contributed by atoms with van der Waals surface area (Å²) in [5.41, 5.74) is 4.78. The molecule has 0 nitrogen and oxygen atoms in total. The number of fused-ring (bicyclic) bond motifs is 1. The summed E-state index contributed by atoms with van der Waals surface area (Å²) in [6, 6.07) is 4.00. The Hall–Kier alpha value is -0.460. The van der Waals surface area contributed by atoms with Crippen molar-refractivity contribution < 1.29 is 0 Å². The van der Waals surface area contributed by atoms with Gasteiger partial charge in [0, 0.05) is 15.6 Å². The van der Waals surface area contributed by atoms with Gasteiger partial charge in [-0.3, -0.25) is 0 Å². The molecule has 0 amide bonds. The first kappa shape index (κ1) is 9.11. The third-order valence-corrected chi connectivity index (χ3v) is 3.46. The molecule has 0 unspecified atom stereocenters. The minimum absolute atomic E-state index is 0.798. The SMILES string of the molecule is CC1=C(Cl)c2c(ccc(Cl)c2C)C1. The molecule has 68 valence electrons. The second-order valence-electron chi connectivity index (χ2n) is 3.48. The van der Waals surface area contributed by atoms with Crippen LogP contribution in [0, 0.1) is 6.92 Å². The molecule has 1 aromatic rings. The van der Waals surface area contributed by atoms with Crippen molar-refractivity contribution in [2.24, 2.45) is 0 Å². The standard InChI is InChI=1S/C11H10Cl2/c1-6-5-8-3-4-9(12)7(2)10(8)11(6)13/h3-4H,5H2,1-2H3. The number of halogens is 2. The number of benzene rings is 1. The molecule has 0 fully saturated rings. The molecule has 0 bridgehead atoms. The summed E-state index contributed by atoms with van der Waals surface area (Å²) in [7, 11) is 0. The minimum Gasteiger partial charge on any atom is -0.0840 e. The zero-order valence-corrected chi connectivity index (χ0v) is 9.13. The average molecular weight is 213 g/mol. The first-order valence-electron chi connectivity index (χ1n) is 4.25. The van der Waals surface area contributed by atoms with Gasteiger partial charge in [0.1, 0.15) is 0 Å². The Morgan fingerprint density at radius 1 is 1.15 bits per heavy atom. The first-order valence-corrected chi connectivity index (χ1v) is 5.00. The Morgan fingerprint density at radius 2 is 1.85 bits per heavy atom. The Labute approximate surface area is 88.2 Å². The van der Waals surface area contributed by atoms with E-state index in [0.717, 1.165) is 27.6 Å². The number of rotatable bonds is 0. The molecule has 0 saturated carbocycles. The van der Waals surface area contributed by atoms with Gasteiger partial charge in [-0.05, 0) is 43.0 Å². The fourth-order valence-corrected chi connectivity index (χ4v) is 2.26. The Balaban J connectivity index is 2.71. The van der Waals surface area contributed by atoms with Gasteiger partial charge in [0.05, 0.1) is 0 Å². The quantitative estimate of drug-likeness (QED) is 0.606. The van der Waals surface area contributed by atoms with E-state index in [1.165, 1.54) is 11.1 Å². The molecule has 1 aliphatic carbocycles. The highest BCUT2D eigenvalue weighted by Crippen LogP contribution is 2.39. The normalized spacial score (nSPS) is 15.1. The van der Waals surface area contributed by atoms with E-state index in [1.807, 2.05) is 13.0 Å². The van der Waals surface area contributed by atoms with Gasteiger partial charge in [-0.15, -0.1) is 0 Å². The van der Waals surface area contributed by atoms with Crippen LogP contribution in [0.15, 0.2) is 17.7 Å². The zero-order valence-electron chi connectivity index (χ0n) is 7.62. The highest BCUT2D eigenvalue weighted by Gasteiger charge is 2.20. The first-order chi connectivity index (χ1) is 6.11. The summed E-state index contributed by atoms with van der Waals surface area (Å²) in [6.07, 6.45) is 0.964. The largest absolute Gasteiger partial charge is 0.0840 e. The fraction of sp³-hybridized carbons (Fsp3) is 0.273. The van der Waals surface area contributed by atoms with Gasteiger partial charge in [-0.1, -0.05) is 29.3 Å². The van der Waals surface area contributed by atoms with Gasteiger partial charge in [-0.25, -0.2) is 0 Å². The van der Waals surface area contributed by atoms with Crippen LogP contribution in [0.25, 0.3) is 5.03 Å². The van der Waals surface area contributed by atoms with Gasteiger partial charge < -0.3 is 0 Å². The lowest BCUT2D eigenvalue weighted by atomic mass is 10.0. The van der Waals surface area contributed by atoms with Crippen LogP contribution in [-0.2, 0) is 6.42 Å². The lowest BCUT2D eigenvalue weighted by Gasteiger charge is -2.06. The van der Waals surface area contributed by atoms with E-state index in [4.69, 9.17) is 23.2 Å². The van der Waals surface area contributed by atoms with E-state index in [-0.39, 0.29) is 0 Å². The third-order valence-electron chi connectivity index (χ3n) is 2.54. The lowest BCUT2D eigenvalue weighted by molar-refractivity contribution is 1.19. The second-order valence-corrected chi connectivity index (χ2v) is 4.26. The summed E-state index contributed by atoms with van der Waals surface area (Å²) in [4.78, 5) is 0. The van der Waals surface area contributed by atoms with Crippen molar-refractivity contribution >= 4 is 28.2 Å². The molecule has 0 aliphatic heterocycles. The zero-order chi connectivity index (χ0) is 9.59. The van der Waals surface area contributed by atoms with Gasteiger partial charge in [0.2, 0.25) is 0 Å². The molecule has 13 heavy (non-hydrogen) atoms. The van der Waals surface area contributed by atoms with E-state index in [1.54, 1.807) is 0 Å². The third kappa shape index (κ3) is 1.29. The smallest absolute Gasteiger partial charge is 0.0477 e. The molecule has 1 aromatic carbocycles. The van der Waals surface area contributed by atoms with Crippen LogP contribution in [0.3, 0.4) is 0 Å². The van der Waals surface area contributed by atoms with E-state index < -0.39 is 0 Å². The molecule has 1 aliphatic rings. The van der Waals surface area contributed by atoms with Gasteiger partial charge in [0.15, 0.2) is 0 Å². The molecule has 0 heterocycles. The van der Waals surface area contributed by atoms with Gasteiger partial charge in [-0.2, -0.15) is 0 Å². The van der Waals surface area contributed by atoms with Crippen molar-refractivity contribution in [3.8, 4) is 0 Å². The number of hydrogen-bond donors (Lipinski definition) is 0. The van der Waals surface area contributed by atoms with Crippen molar-refractivity contribution in [3.05, 3.63) is 39.4 Å². The maximum atomic E-state index is 6.19. The van der Waals surface area contributed by atoms with Crippen LogP contribution in [0.2, 0.25) is 5.02 Å². The van der Waals surface area contributed by atoms with Crippen LogP contribution in [0.1, 0.15) is 23.6 Å². The van der Waals surface area contributed by atoms with Crippen molar-refractivity contribution in [3.63, 3.8) is 0 Å². The van der Waals surface area contributed by atoms with E-state index in [2.05, 4.69) is 13.0 Å². The van der Waals surface area contributed by atoms with Crippen molar-refractivity contribution in [2.75, 3.05) is 0 Å². The van der Waals surface area contributed by atoms with Crippen molar-refractivity contribution in [1.29, 1.82) is 0 Å². The highest BCUT2D eigenvalue weighted by molar-refractivity contribution is 6.50. The average Bonchev–Trinajstić information content (AvgIpc) is 2.37. The molecule has 2 heteroatoms. The van der Waals surface area contributed by atoms with Crippen LogP contribution in [0.4, 0.5) is 0 Å². The molecular weight excluding hydrogens is 203 g/mol.